The van der Waals surface area contributed by atoms with Crippen molar-refractivity contribution in [2.75, 3.05) is 18.5 Å². The van der Waals surface area contributed by atoms with Gasteiger partial charge in [0.2, 0.25) is 5.88 Å². The molecule has 2 aromatic rings. The van der Waals surface area contributed by atoms with Crippen LogP contribution in [0.25, 0.3) is 0 Å². The van der Waals surface area contributed by atoms with Crippen LogP contribution in [0.2, 0.25) is 0 Å². The molecule has 0 spiro atoms. The molecule has 0 unspecified atom stereocenters. The summed E-state index contributed by atoms with van der Waals surface area (Å²) < 4.78 is 20.3. The van der Waals surface area contributed by atoms with Crippen LogP contribution in [0.4, 0.5) is 5.88 Å². The van der Waals surface area contributed by atoms with Gasteiger partial charge in [0.05, 0.1) is 13.2 Å². The van der Waals surface area contributed by atoms with Gasteiger partial charge in [-0.2, -0.15) is 0 Å². The molecular weight excluding hydrogens is 382 g/mol. The lowest BCUT2D eigenvalue weighted by Crippen LogP contribution is -2.17. The number of hydrogen-bond donors (Lipinski definition) is 1. The van der Waals surface area contributed by atoms with Crippen LogP contribution in [-0.2, 0) is 14.3 Å². The molecule has 9 nitrogen and oxygen atoms in total. The Hall–Kier alpha value is -3.62. The summed E-state index contributed by atoms with van der Waals surface area (Å²) in [5.74, 6) is -2.52. The third kappa shape index (κ3) is 5.22. The Morgan fingerprint density at radius 2 is 1.48 bits per heavy atom. The first kappa shape index (κ1) is 21.7. The van der Waals surface area contributed by atoms with E-state index in [-0.39, 0.29) is 47.3 Å². The number of furan rings is 1. The highest BCUT2D eigenvalue weighted by atomic mass is 16.5. The third-order valence-corrected chi connectivity index (χ3v) is 3.65. The molecule has 9 heteroatoms. The van der Waals surface area contributed by atoms with Crippen molar-refractivity contribution in [3.05, 3.63) is 46.7 Å². The zero-order chi connectivity index (χ0) is 21.6. The number of hydrogen-bond acceptors (Lipinski definition) is 8. The molecule has 0 bridgehead atoms. The summed E-state index contributed by atoms with van der Waals surface area (Å²) in [7, 11) is 0. The number of carbonyl (C=O) groups excluding carboxylic acids is 4. The fourth-order valence-electron chi connectivity index (χ4n) is 2.50. The Bertz CT molecular complexity index is 927. The summed E-state index contributed by atoms with van der Waals surface area (Å²) in [5.41, 5.74) is -0.110. The lowest BCUT2D eigenvalue weighted by atomic mass is 10.1. The SMILES string of the molecule is CCOC(=O)c1c(C)oc(NC(=O)c2ccc(OC(C)=O)cc2)c1C(=O)OCC. The Labute approximate surface area is 166 Å². The summed E-state index contributed by atoms with van der Waals surface area (Å²) in [6.45, 7) is 6.13. The number of rotatable bonds is 7. The van der Waals surface area contributed by atoms with E-state index in [0.717, 1.165) is 0 Å². The summed E-state index contributed by atoms with van der Waals surface area (Å²) >= 11 is 0. The van der Waals surface area contributed by atoms with Crippen molar-refractivity contribution in [3.63, 3.8) is 0 Å². The van der Waals surface area contributed by atoms with E-state index in [0.29, 0.717) is 0 Å². The minimum atomic E-state index is -0.826. The van der Waals surface area contributed by atoms with Crippen molar-refractivity contribution in [1.82, 2.24) is 0 Å². The molecule has 0 aliphatic heterocycles. The molecule has 0 aliphatic carbocycles. The molecule has 154 valence electrons. The zero-order valence-electron chi connectivity index (χ0n) is 16.5. The van der Waals surface area contributed by atoms with E-state index in [9.17, 15) is 19.2 Å². The molecule has 1 aromatic heterocycles. The standard InChI is InChI=1S/C20H21NO8/c1-5-26-19(24)15-11(3)28-18(16(15)20(25)27-6-2)21-17(23)13-7-9-14(10-8-13)29-12(4)22/h7-10H,5-6H2,1-4H3,(H,21,23). The van der Waals surface area contributed by atoms with Crippen molar-refractivity contribution in [3.8, 4) is 5.75 Å². The van der Waals surface area contributed by atoms with Crippen molar-refractivity contribution in [2.24, 2.45) is 0 Å². The van der Waals surface area contributed by atoms with E-state index < -0.39 is 23.8 Å². The summed E-state index contributed by atoms with van der Waals surface area (Å²) in [6, 6.07) is 5.75. The smallest absolute Gasteiger partial charge is 0.344 e. The van der Waals surface area contributed by atoms with Crippen LogP contribution in [0.1, 0.15) is 57.6 Å². The van der Waals surface area contributed by atoms with Crippen LogP contribution in [0, 0.1) is 6.92 Å². The second-order valence-electron chi connectivity index (χ2n) is 5.75. The summed E-state index contributed by atoms with van der Waals surface area (Å²) in [6.07, 6.45) is 0. The van der Waals surface area contributed by atoms with Gasteiger partial charge in [-0.15, -0.1) is 0 Å². The summed E-state index contributed by atoms with van der Waals surface area (Å²) in [5, 5.41) is 2.46. The second kappa shape index (κ2) is 9.54. The maximum atomic E-state index is 12.5. The Kier molecular flexibility index (Phi) is 7.13. The molecular formula is C20H21NO8. The van der Waals surface area contributed by atoms with Crippen molar-refractivity contribution < 1.29 is 37.8 Å². The number of aryl methyl sites for hydroxylation is 1. The van der Waals surface area contributed by atoms with Crippen LogP contribution in [-0.4, -0.2) is 37.0 Å². The van der Waals surface area contributed by atoms with Gasteiger partial charge in [-0.3, -0.25) is 14.9 Å². The van der Waals surface area contributed by atoms with Gasteiger partial charge < -0.3 is 18.6 Å². The zero-order valence-corrected chi connectivity index (χ0v) is 16.5. The molecule has 1 heterocycles. The Morgan fingerprint density at radius 3 is 2.00 bits per heavy atom. The molecule has 0 saturated carbocycles. The van der Waals surface area contributed by atoms with Crippen molar-refractivity contribution in [1.29, 1.82) is 0 Å². The first-order chi connectivity index (χ1) is 13.8. The number of amides is 1. The van der Waals surface area contributed by atoms with Gasteiger partial charge in [0.15, 0.2) is 0 Å². The van der Waals surface area contributed by atoms with Gasteiger partial charge >= 0.3 is 17.9 Å². The molecule has 1 aromatic carbocycles. The van der Waals surface area contributed by atoms with Crippen molar-refractivity contribution >= 4 is 29.7 Å². The predicted octanol–water partition coefficient (Wildman–Crippen LogP) is 3.12. The maximum absolute atomic E-state index is 12.5. The van der Waals surface area contributed by atoms with E-state index in [1.807, 2.05) is 0 Å². The lowest BCUT2D eigenvalue weighted by Gasteiger charge is -2.07. The number of benzene rings is 1. The van der Waals surface area contributed by atoms with Crippen LogP contribution in [0.15, 0.2) is 28.7 Å². The average molecular weight is 403 g/mol. The largest absolute Gasteiger partial charge is 0.462 e. The molecule has 29 heavy (non-hydrogen) atoms. The van der Waals surface area contributed by atoms with Gasteiger partial charge in [0.1, 0.15) is 22.6 Å². The van der Waals surface area contributed by atoms with Crippen LogP contribution in [0.5, 0.6) is 5.75 Å². The van der Waals surface area contributed by atoms with E-state index in [4.69, 9.17) is 18.6 Å². The molecule has 0 aliphatic rings. The minimum absolute atomic E-state index is 0.0658. The number of esters is 3. The highest BCUT2D eigenvalue weighted by Crippen LogP contribution is 2.29. The molecule has 2 rings (SSSR count). The Morgan fingerprint density at radius 1 is 0.931 bits per heavy atom. The highest BCUT2D eigenvalue weighted by molar-refractivity contribution is 6.11. The van der Waals surface area contributed by atoms with Crippen LogP contribution >= 0.6 is 0 Å². The van der Waals surface area contributed by atoms with Gasteiger partial charge in [-0.05, 0) is 45.0 Å². The molecule has 1 N–H and O–H groups in total. The first-order valence-electron chi connectivity index (χ1n) is 8.85. The van der Waals surface area contributed by atoms with Crippen molar-refractivity contribution in [2.45, 2.75) is 27.7 Å². The predicted molar refractivity (Wildman–Crippen MR) is 101 cm³/mol. The number of anilines is 1. The molecule has 0 fully saturated rings. The van der Waals surface area contributed by atoms with E-state index in [1.54, 1.807) is 13.8 Å². The average Bonchev–Trinajstić information content (AvgIpc) is 2.98. The topological polar surface area (TPSA) is 121 Å². The first-order valence-corrected chi connectivity index (χ1v) is 8.85. The van der Waals surface area contributed by atoms with Gasteiger partial charge in [0.25, 0.3) is 5.91 Å². The minimum Gasteiger partial charge on any atom is -0.462 e. The highest BCUT2D eigenvalue weighted by Gasteiger charge is 2.31. The normalized spacial score (nSPS) is 10.2. The van der Waals surface area contributed by atoms with Crippen LogP contribution < -0.4 is 10.1 Å². The Balaban J connectivity index is 2.34. The summed E-state index contributed by atoms with van der Waals surface area (Å²) in [4.78, 5) is 48.1. The van der Waals surface area contributed by atoms with E-state index >= 15 is 0 Å². The van der Waals surface area contributed by atoms with Gasteiger partial charge in [0, 0.05) is 12.5 Å². The lowest BCUT2D eigenvalue weighted by molar-refractivity contribution is -0.131. The quantitative estimate of drug-likeness (QED) is 0.553. The number of carbonyl (C=O) groups is 4. The molecule has 0 atom stereocenters. The molecule has 1 amide bonds. The van der Waals surface area contributed by atoms with Gasteiger partial charge in [-0.25, -0.2) is 9.59 Å². The van der Waals surface area contributed by atoms with Crippen LogP contribution in [0.3, 0.4) is 0 Å². The maximum Gasteiger partial charge on any atom is 0.344 e. The monoisotopic (exact) mass is 403 g/mol. The van der Waals surface area contributed by atoms with Gasteiger partial charge in [-0.1, -0.05) is 0 Å². The van der Waals surface area contributed by atoms with E-state index in [1.165, 1.54) is 38.1 Å². The second-order valence-corrected chi connectivity index (χ2v) is 5.75. The molecule has 0 saturated heterocycles. The number of nitrogens with one attached hydrogen (secondary N) is 1. The molecule has 0 radical (unpaired) electrons. The third-order valence-electron chi connectivity index (χ3n) is 3.65. The fourth-order valence-corrected chi connectivity index (χ4v) is 2.50. The fraction of sp³-hybridized carbons (Fsp3) is 0.300. The number of ether oxygens (including phenoxy) is 3. The van der Waals surface area contributed by atoms with E-state index in [2.05, 4.69) is 5.32 Å².